The van der Waals surface area contributed by atoms with E-state index >= 15 is 0 Å². The molecule has 0 fully saturated rings. The molecule has 0 saturated heterocycles. The first-order chi connectivity index (χ1) is 14.9. The second-order valence-corrected chi connectivity index (χ2v) is 7.48. The number of amides is 2. The van der Waals surface area contributed by atoms with Crippen molar-refractivity contribution in [2.75, 3.05) is 0 Å². The van der Waals surface area contributed by atoms with Gasteiger partial charge in [-0.1, -0.05) is 44.2 Å². The molecule has 2 amide bonds. The van der Waals surface area contributed by atoms with Gasteiger partial charge in [0, 0.05) is 18.9 Å². The number of aromatic nitrogens is 2. The first kappa shape index (κ1) is 22.1. The fourth-order valence-electron chi connectivity index (χ4n) is 3.21. The van der Waals surface area contributed by atoms with Gasteiger partial charge in [-0.15, -0.1) is 0 Å². The van der Waals surface area contributed by atoms with E-state index in [4.69, 9.17) is 0 Å². The molecule has 0 bridgehead atoms. The zero-order valence-electron chi connectivity index (χ0n) is 17.3. The number of nitrogens with zero attached hydrogens (tertiary/aromatic N) is 2. The Kier molecular flexibility index (Phi) is 7.12. The van der Waals surface area contributed by atoms with Crippen LogP contribution in [0.5, 0.6) is 0 Å². The third kappa shape index (κ3) is 5.53. The van der Waals surface area contributed by atoms with Gasteiger partial charge in [0.25, 0.3) is 5.91 Å². The average molecular weight is 426 g/mol. The van der Waals surface area contributed by atoms with Crippen LogP contribution in [-0.4, -0.2) is 27.6 Å². The summed E-state index contributed by atoms with van der Waals surface area (Å²) >= 11 is 0. The van der Waals surface area contributed by atoms with Gasteiger partial charge in [-0.05, 0) is 35.2 Å². The van der Waals surface area contributed by atoms with E-state index in [0.717, 1.165) is 23.3 Å². The van der Waals surface area contributed by atoms with Crippen molar-refractivity contribution >= 4 is 11.8 Å². The highest BCUT2D eigenvalue weighted by atomic mass is 19.1. The van der Waals surface area contributed by atoms with Crippen LogP contribution in [0.3, 0.4) is 0 Å². The highest BCUT2D eigenvalue weighted by Gasteiger charge is 2.27. The predicted octanol–water partition coefficient (Wildman–Crippen LogP) is 3.28. The average Bonchev–Trinajstić information content (AvgIpc) is 3.24. The summed E-state index contributed by atoms with van der Waals surface area (Å²) in [6.07, 6.45) is 3.54. The third-order valence-electron chi connectivity index (χ3n) is 4.89. The molecule has 162 valence electrons. The van der Waals surface area contributed by atoms with Crippen LogP contribution in [0.4, 0.5) is 8.78 Å². The smallest absolute Gasteiger partial charge is 0.257 e. The second kappa shape index (κ2) is 9.97. The lowest BCUT2D eigenvalue weighted by molar-refractivity contribution is -0.124. The largest absolute Gasteiger partial charge is 0.350 e. The molecule has 6 nitrogen and oxygen atoms in total. The van der Waals surface area contributed by atoms with Crippen molar-refractivity contribution in [3.8, 4) is 0 Å². The number of nitrogens with one attached hydrogen (secondary N) is 2. The van der Waals surface area contributed by atoms with Crippen molar-refractivity contribution in [1.29, 1.82) is 0 Å². The van der Waals surface area contributed by atoms with Gasteiger partial charge in [-0.3, -0.25) is 14.3 Å². The molecule has 2 aromatic carbocycles. The lowest BCUT2D eigenvalue weighted by Gasteiger charge is -2.22. The minimum Gasteiger partial charge on any atom is -0.350 e. The molecule has 0 aliphatic heterocycles. The van der Waals surface area contributed by atoms with Gasteiger partial charge < -0.3 is 10.6 Å². The molecule has 0 saturated carbocycles. The van der Waals surface area contributed by atoms with E-state index in [1.54, 1.807) is 24.7 Å². The first-order valence-electron chi connectivity index (χ1n) is 9.93. The van der Waals surface area contributed by atoms with Gasteiger partial charge in [0.15, 0.2) is 0 Å². The highest BCUT2D eigenvalue weighted by molar-refractivity contribution is 5.98. The van der Waals surface area contributed by atoms with Crippen LogP contribution in [0.1, 0.15) is 35.3 Å². The molecule has 0 spiro atoms. The fourth-order valence-corrected chi connectivity index (χ4v) is 3.21. The number of halogens is 2. The number of hydrogen-bond donors (Lipinski definition) is 2. The summed E-state index contributed by atoms with van der Waals surface area (Å²) in [5.41, 5.74) is 1.19. The Hall–Kier alpha value is -3.55. The Labute approximate surface area is 179 Å². The number of carbonyl (C=O) groups excluding carboxylic acids is 2. The van der Waals surface area contributed by atoms with Gasteiger partial charge in [0.2, 0.25) is 5.91 Å². The van der Waals surface area contributed by atoms with E-state index in [1.807, 2.05) is 36.5 Å². The van der Waals surface area contributed by atoms with Gasteiger partial charge in [0.1, 0.15) is 23.2 Å². The van der Waals surface area contributed by atoms with Crippen LogP contribution in [0.2, 0.25) is 0 Å². The van der Waals surface area contributed by atoms with Crippen LogP contribution in [0.15, 0.2) is 60.9 Å². The lowest BCUT2D eigenvalue weighted by atomic mass is 10.0. The molecule has 1 aromatic heterocycles. The molecule has 31 heavy (non-hydrogen) atoms. The van der Waals surface area contributed by atoms with Crippen LogP contribution < -0.4 is 10.6 Å². The molecule has 0 radical (unpaired) electrons. The van der Waals surface area contributed by atoms with Crippen molar-refractivity contribution in [3.63, 3.8) is 0 Å². The Bertz CT molecular complexity index is 1030. The normalized spacial score (nSPS) is 11.9. The third-order valence-corrected chi connectivity index (χ3v) is 4.89. The molecular weight excluding hydrogens is 402 g/mol. The van der Waals surface area contributed by atoms with E-state index in [-0.39, 0.29) is 12.5 Å². The summed E-state index contributed by atoms with van der Waals surface area (Å²) in [6.45, 7) is 4.28. The topological polar surface area (TPSA) is 76.0 Å². The van der Waals surface area contributed by atoms with Crippen molar-refractivity contribution in [1.82, 2.24) is 20.4 Å². The van der Waals surface area contributed by atoms with Crippen LogP contribution in [0.25, 0.3) is 0 Å². The Balaban J connectivity index is 1.69. The number of benzene rings is 2. The summed E-state index contributed by atoms with van der Waals surface area (Å²) in [6, 6.07) is 11.7. The summed E-state index contributed by atoms with van der Waals surface area (Å²) in [5, 5.41) is 9.47. The van der Waals surface area contributed by atoms with Gasteiger partial charge in [0.05, 0.1) is 6.54 Å². The highest BCUT2D eigenvalue weighted by Crippen LogP contribution is 2.14. The van der Waals surface area contributed by atoms with Crippen molar-refractivity contribution < 1.29 is 18.4 Å². The molecule has 0 aliphatic carbocycles. The zero-order chi connectivity index (χ0) is 22.4. The van der Waals surface area contributed by atoms with Gasteiger partial charge >= 0.3 is 0 Å². The van der Waals surface area contributed by atoms with Crippen LogP contribution in [-0.2, 0) is 17.9 Å². The van der Waals surface area contributed by atoms with Gasteiger partial charge in [-0.2, -0.15) is 5.10 Å². The SMILES string of the molecule is CC(C)C(NC(=O)c1c(F)cccc1F)C(=O)NCc1ccccc1Cn1cccn1. The molecule has 3 aromatic rings. The predicted molar refractivity (Wildman–Crippen MR) is 112 cm³/mol. The zero-order valence-corrected chi connectivity index (χ0v) is 17.3. The van der Waals surface area contributed by atoms with Crippen molar-refractivity contribution in [2.24, 2.45) is 5.92 Å². The second-order valence-electron chi connectivity index (χ2n) is 7.48. The number of rotatable bonds is 8. The Morgan fingerprint density at radius 2 is 1.68 bits per heavy atom. The van der Waals surface area contributed by atoms with Gasteiger partial charge in [-0.25, -0.2) is 8.78 Å². The summed E-state index contributed by atoms with van der Waals surface area (Å²) < 4.78 is 29.6. The molecule has 2 N–H and O–H groups in total. The molecule has 1 heterocycles. The summed E-state index contributed by atoms with van der Waals surface area (Å²) in [4.78, 5) is 25.2. The number of hydrogen-bond acceptors (Lipinski definition) is 3. The molecular formula is C23H24F2N4O2. The molecule has 1 unspecified atom stereocenters. The maximum absolute atomic E-state index is 13.9. The van der Waals surface area contributed by atoms with Crippen LogP contribution in [0, 0.1) is 17.6 Å². The molecule has 8 heteroatoms. The molecule has 0 aliphatic rings. The molecule has 3 rings (SSSR count). The quantitative estimate of drug-likeness (QED) is 0.581. The van der Waals surface area contributed by atoms with Crippen LogP contribution >= 0.6 is 0 Å². The number of carbonyl (C=O) groups is 2. The van der Waals surface area contributed by atoms with Crippen molar-refractivity contribution in [3.05, 3.63) is 89.2 Å². The monoisotopic (exact) mass is 426 g/mol. The lowest BCUT2D eigenvalue weighted by Crippen LogP contribution is -2.49. The Morgan fingerprint density at radius 3 is 2.29 bits per heavy atom. The van der Waals surface area contributed by atoms with Crippen molar-refractivity contribution in [2.45, 2.75) is 33.0 Å². The standard InChI is InChI=1S/C23H24F2N4O2/c1-15(2)21(28-22(30)20-18(24)9-5-10-19(20)25)23(31)26-13-16-7-3-4-8-17(16)14-29-12-6-11-27-29/h3-12,15,21H,13-14H2,1-2H3,(H,26,31)(H,28,30). The maximum Gasteiger partial charge on any atom is 0.257 e. The van der Waals surface area contributed by atoms with E-state index in [0.29, 0.717) is 6.54 Å². The summed E-state index contributed by atoms with van der Waals surface area (Å²) in [7, 11) is 0. The Morgan fingerprint density at radius 1 is 1.00 bits per heavy atom. The minimum absolute atomic E-state index is 0.240. The fraction of sp³-hybridized carbons (Fsp3) is 0.261. The van der Waals surface area contributed by atoms with E-state index in [1.165, 1.54) is 6.07 Å². The van der Waals surface area contributed by atoms with E-state index in [9.17, 15) is 18.4 Å². The first-order valence-corrected chi connectivity index (χ1v) is 9.93. The summed E-state index contributed by atoms with van der Waals surface area (Å²) in [5.74, 6) is -3.66. The van der Waals surface area contributed by atoms with E-state index in [2.05, 4.69) is 15.7 Å². The minimum atomic E-state index is -0.979. The van der Waals surface area contributed by atoms with E-state index < -0.39 is 35.1 Å². The maximum atomic E-state index is 13.9. The molecule has 1 atom stereocenters.